The average Bonchev–Trinajstić information content (AvgIpc) is 3.22. The van der Waals surface area contributed by atoms with Gasteiger partial charge in [0.05, 0.1) is 11.3 Å². The molecule has 1 unspecified atom stereocenters. The van der Waals surface area contributed by atoms with Crippen molar-refractivity contribution in [2.45, 2.75) is 24.7 Å². The third kappa shape index (κ3) is 5.28. The Hall–Kier alpha value is -3.11. The van der Waals surface area contributed by atoms with Gasteiger partial charge in [-0.25, -0.2) is 18.8 Å². The van der Waals surface area contributed by atoms with Gasteiger partial charge in [-0.2, -0.15) is 0 Å². The number of carboxylic acid groups (broad SMARTS) is 1. The molecule has 158 valence electrons. The Labute approximate surface area is 179 Å². The lowest BCUT2D eigenvalue weighted by Gasteiger charge is -2.19. The first-order valence-corrected chi connectivity index (χ1v) is 11.7. The van der Waals surface area contributed by atoms with Crippen molar-refractivity contribution in [2.24, 2.45) is 0 Å². The lowest BCUT2D eigenvalue weighted by Crippen LogP contribution is -2.15. The van der Waals surface area contributed by atoms with E-state index in [1.807, 2.05) is 13.0 Å². The van der Waals surface area contributed by atoms with E-state index in [1.54, 1.807) is 29.6 Å². The highest BCUT2D eigenvalue weighted by molar-refractivity contribution is 7.94. The standard InChI is InChI=1S/C20H22N4O4S2/c1-2-3-9-22-16-12-14(19(25)26)13-17(18(16)28-15-7-5-4-6-8-15)30(21,27)24-20-23-10-11-29-20/h4-8,10-13,22H,2-3,9H2,1H3,(H,25,26)(H2,21,23,24,27). The van der Waals surface area contributed by atoms with Crippen LogP contribution < -0.4 is 14.8 Å². The number of carboxylic acids is 1. The second-order valence-electron chi connectivity index (χ2n) is 6.35. The minimum absolute atomic E-state index is 0.0690. The lowest BCUT2D eigenvalue weighted by atomic mass is 10.1. The van der Waals surface area contributed by atoms with Gasteiger partial charge in [0.1, 0.15) is 10.6 Å². The molecule has 0 saturated carbocycles. The summed E-state index contributed by atoms with van der Waals surface area (Å²) < 4.78 is 30.4. The SMILES string of the molecule is CCCCNc1cc(C(=O)O)cc(S(=N)(=O)Nc2nccs2)c1Oc1ccccc1. The van der Waals surface area contributed by atoms with Crippen LogP contribution in [0, 0.1) is 4.78 Å². The van der Waals surface area contributed by atoms with Crippen LogP contribution in [0.5, 0.6) is 11.5 Å². The number of ether oxygens (including phenoxy) is 1. The predicted octanol–water partition coefficient (Wildman–Crippen LogP) is 5.28. The first-order chi connectivity index (χ1) is 14.4. The second kappa shape index (κ2) is 9.59. The molecule has 1 aromatic heterocycles. The molecule has 3 aromatic rings. The molecule has 0 amide bonds. The third-order valence-corrected chi connectivity index (χ3v) is 6.30. The number of unbranched alkanes of at least 4 members (excludes halogenated alkanes) is 1. The summed E-state index contributed by atoms with van der Waals surface area (Å²) in [5.74, 6) is -0.568. The first kappa shape index (κ1) is 21.6. The molecule has 10 heteroatoms. The van der Waals surface area contributed by atoms with E-state index in [-0.39, 0.29) is 16.2 Å². The van der Waals surface area contributed by atoms with Gasteiger partial charge in [0.2, 0.25) is 0 Å². The van der Waals surface area contributed by atoms with E-state index >= 15 is 0 Å². The maximum Gasteiger partial charge on any atom is 0.335 e. The zero-order chi connectivity index (χ0) is 21.6. The Kier molecular flexibility index (Phi) is 6.91. The van der Waals surface area contributed by atoms with Crippen molar-refractivity contribution in [3.05, 3.63) is 59.6 Å². The summed E-state index contributed by atoms with van der Waals surface area (Å²) in [5, 5.41) is 14.7. The Morgan fingerprint density at radius 1 is 1.30 bits per heavy atom. The number of nitrogens with one attached hydrogen (secondary N) is 3. The smallest absolute Gasteiger partial charge is 0.335 e. The maximum atomic E-state index is 13.3. The summed E-state index contributed by atoms with van der Waals surface area (Å²) in [6.45, 7) is 2.61. The van der Waals surface area contributed by atoms with Gasteiger partial charge in [-0.3, -0.25) is 4.72 Å². The number of rotatable bonds is 10. The van der Waals surface area contributed by atoms with E-state index in [1.165, 1.54) is 29.7 Å². The fourth-order valence-electron chi connectivity index (χ4n) is 2.63. The molecule has 3 rings (SSSR count). The van der Waals surface area contributed by atoms with Crippen LogP contribution in [0.1, 0.15) is 30.1 Å². The molecule has 4 N–H and O–H groups in total. The molecule has 0 spiro atoms. The quantitative estimate of drug-likeness (QED) is 0.314. The maximum absolute atomic E-state index is 13.3. The highest BCUT2D eigenvalue weighted by Gasteiger charge is 2.24. The van der Waals surface area contributed by atoms with Crippen LogP contribution in [0.25, 0.3) is 0 Å². The van der Waals surface area contributed by atoms with Crippen molar-refractivity contribution in [1.29, 1.82) is 4.78 Å². The van der Waals surface area contributed by atoms with Crippen LogP contribution in [0.2, 0.25) is 0 Å². The zero-order valence-electron chi connectivity index (χ0n) is 16.3. The largest absolute Gasteiger partial charge is 0.478 e. The Morgan fingerprint density at radius 3 is 2.70 bits per heavy atom. The Morgan fingerprint density at radius 2 is 2.07 bits per heavy atom. The molecule has 8 nitrogen and oxygen atoms in total. The van der Waals surface area contributed by atoms with E-state index in [0.717, 1.165) is 12.8 Å². The van der Waals surface area contributed by atoms with E-state index in [9.17, 15) is 14.1 Å². The normalized spacial score (nSPS) is 12.7. The van der Waals surface area contributed by atoms with Gasteiger partial charge >= 0.3 is 5.97 Å². The molecule has 0 fully saturated rings. The van der Waals surface area contributed by atoms with E-state index < -0.39 is 15.9 Å². The Balaban J connectivity index is 2.14. The van der Waals surface area contributed by atoms with E-state index in [0.29, 0.717) is 23.1 Å². The van der Waals surface area contributed by atoms with Crippen molar-refractivity contribution in [2.75, 3.05) is 16.6 Å². The van der Waals surface area contributed by atoms with E-state index in [2.05, 4.69) is 15.0 Å². The number of nitrogens with zero attached hydrogens (tertiary/aromatic N) is 1. The summed E-state index contributed by atoms with van der Waals surface area (Å²) in [4.78, 5) is 15.6. The minimum Gasteiger partial charge on any atom is -0.478 e. The minimum atomic E-state index is -3.67. The molecule has 1 atom stereocenters. The van der Waals surface area contributed by atoms with Crippen molar-refractivity contribution >= 4 is 38.0 Å². The van der Waals surface area contributed by atoms with Gasteiger partial charge in [0, 0.05) is 18.1 Å². The average molecular weight is 447 g/mol. The van der Waals surface area contributed by atoms with Crippen LogP contribution in [-0.4, -0.2) is 26.8 Å². The molecule has 2 aromatic carbocycles. The monoisotopic (exact) mass is 446 g/mol. The number of benzene rings is 2. The molecular weight excluding hydrogens is 424 g/mol. The molecule has 0 aliphatic heterocycles. The molecule has 0 aliphatic rings. The van der Waals surface area contributed by atoms with Crippen molar-refractivity contribution in [3.8, 4) is 11.5 Å². The number of thiazole rings is 1. The summed E-state index contributed by atoms with van der Waals surface area (Å²) in [6, 6.07) is 11.5. The van der Waals surface area contributed by atoms with Crippen LogP contribution in [0.15, 0.2) is 58.9 Å². The van der Waals surface area contributed by atoms with Crippen LogP contribution in [-0.2, 0) is 9.92 Å². The van der Waals surface area contributed by atoms with Crippen molar-refractivity contribution in [1.82, 2.24) is 4.98 Å². The number of aromatic nitrogens is 1. The summed E-state index contributed by atoms with van der Waals surface area (Å²) in [6.07, 6.45) is 3.31. The summed E-state index contributed by atoms with van der Waals surface area (Å²) in [7, 11) is -3.67. The van der Waals surface area contributed by atoms with Gasteiger partial charge in [-0.15, -0.1) is 11.3 Å². The number of hydrogen-bond donors (Lipinski definition) is 4. The second-order valence-corrected chi connectivity index (χ2v) is 9.00. The number of para-hydroxylation sites is 1. The highest BCUT2D eigenvalue weighted by atomic mass is 32.2. The third-order valence-electron chi connectivity index (χ3n) is 4.08. The number of carbonyl (C=O) groups is 1. The zero-order valence-corrected chi connectivity index (χ0v) is 17.9. The number of anilines is 2. The molecule has 0 saturated heterocycles. The van der Waals surface area contributed by atoms with Crippen molar-refractivity contribution < 1.29 is 18.8 Å². The van der Waals surface area contributed by atoms with Gasteiger partial charge in [0.25, 0.3) is 0 Å². The molecule has 1 heterocycles. The fourth-order valence-corrected chi connectivity index (χ4v) is 4.66. The van der Waals surface area contributed by atoms with Crippen molar-refractivity contribution in [3.63, 3.8) is 0 Å². The van der Waals surface area contributed by atoms with Crippen LogP contribution in [0.4, 0.5) is 10.8 Å². The Bertz CT molecular complexity index is 1100. The highest BCUT2D eigenvalue weighted by Crippen LogP contribution is 2.38. The first-order valence-electron chi connectivity index (χ1n) is 9.25. The topological polar surface area (TPSA) is 124 Å². The summed E-state index contributed by atoms with van der Waals surface area (Å²) in [5.41, 5.74) is 0.272. The van der Waals surface area contributed by atoms with Gasteiger partial charge in [-0.05, 0) is 30.7 Å². The molecular formula is C20H22N4O4S2. The molecule has 0 radical (unpaired) electrons. The number of aromatic carboxylic acids is 1. The number of hydrogen-bond acceptors (Lipinski definition) is 7. The molecule has 0 aliphatic carbocycles. The van der Waals surface area contributed by atoms with Crippen LogP contribution in [0.3, 0.4) is 0 Å². The van der Waals surface area contributed by atoms with Crippen LogP contribution >= 0.6 is 11.3 Å². The van der Waals surface area contributed by atoms with Gasteiger partial charge < -0.3 is 15.2 Å². The van der Waals surface area contributed by atoms with Gasteiger partial charge in [-0.1, -0.05) is 31.5 Å². The van der Waals surface area contributed by atoms with Gasteiger partial charge in [0.15, 0.2) is 20.8 Å². The summed E-state index contributed by atoms with van der Waals surface area (Å²) >= 11 is 1.19. The lowest BCUT2D eigenvalue weighted by molar-refractivity contribution is 0.0696. The predicted molar refractivity (Wildman–Crippen MR) is 118 cm³/mol. The van der Waals surface area contributed by atoms with E-state index in [4.69, 9.17) is 9.52 Å². The fraction of sp³-hybridized carbons (Fsp3) is 0.200. The molecule has 30 heavy (non-hydrogen) atoms. The molecule has 0 bridgehead atoms.